The van der Waals surface area contributed by atoms with Crippen LogP contribution in [0.4, 0.5) is 0 Å². The lowest BCUT2D eigenvalue weighted by Crippen LogP contribution is -2.41. The number of hydrogen-bond donors (Lipinski definition) is 0. The molecule has 0 saturated heterocycles. The molecule has 2 aromatic heterocycles. The number of para-hydroxylation sites is 1. The molecule has 1 atom stereocenters. The van der Waals surface area contributed by atoms with Crippen LogP contribution in [0, 0.1) is 0 Å². The molecular formula is C21H25N5O2. The zero-order valence-electron chi connectivity index (χ0n) is 16.7. The summed E-state index contributed by atoms with van der Waals surface area (Å²) in [6, 6.07) is 7.80. The summed E-state index contributed by atoms with van der Waals surface area (Å²) >= 11 is 0. The van der Waals surface area contributed by atoms with Crippen LogP contribution in [-0.4, -0.2) is 56.4 Å². The molecule has 1 aromatic carbocycles. The maximum Gasteiger partial charge on any atom is 0.256 e. The van der Waals surface area contributed by atoms with Crippen molar-refractivity contribution in [1.29, 1.82) is 0 Å². The molecule has 7 nitrogen and oxygen atoms in total. The number of aryl methyl sites for hydroxylation is 1. The summed E-state index contributed by atoms with van der Waals surface area (Å²) < 4.78 is 4.05. The van der Waals surface area contributed by atoms with Crippen molar-refractivity contribution >= 4 is 22.7 Å². The van der Waals surface area contributed by atoms with Gasteiger partial charge in [0.2, 0.25) is 5.91 Å². The van der Waals surface area contributed by atoms with Gasteiger partial charge < -0.3 is 18.9 Å². The van der Waals surface area contributed by atoms with Gasteiger partial charge in [0, 0.05) is 57.5 Å². The molecule has 2 amide bonds. The van der Waals surface area contributed by atoms with E-state index in [1.807, 2.05) is 60.1 Å². The van der Waals surface area contributed by atoms with Gasteiger partial charge in [-0.3, -0.25) is 9.59 Å². The molecule has 0 radical (unpaired) electrons. The summed E-state index contributed by atoms with van der Waals surface area (Å²) in [7, 11) is 5.44. The summed E-state index contributed by atoms with van der Waals surface area (Å²) in [6.07, 6.45) is 4.12. The first-order valence-electron chi connectivity index (χ1n) is 9.48. The van der Waals surface area contributed by atoms with E-state index >= 15 is 0 Å². The smallest absolute Gasteiger partial charge is 0.256 e. The largest absolute Gasteiger partial charge is 0.350 e. The highest BCUT2D eigenvalue weighted by molar-refractivity contribution is 6.07. The Morgan fingerprint density at radius 2 is 1.93 bits per heavy atom. The van der Waals surface area contributed by atoms with Gasteiger partial charge in [-0.1, -0.05) is 18.2 Å². The molecule has 0 unspecified atom stereocenters. The van der Waals surface area contributed by atoms with Crippen LogP contribution in [0.25, 0.3) is 10.9 Å². The van der Waals surface area contributed by atoms with Crippen LogP contribution in [0.3, 0.4) is 0 Å². The first-order valence-corrected chi connectivity index (χ1v) is 9.48. The van der Waals surface area contributed by atoms with Gasteiger partial charge in [0.15, 0.2) is 0 Å². The van der Waals surface area contributed by atoms with Crippen LogP contribution >= 0.6 is 0 Å². The maximum atomic E-state index is 13.3. The Bertz CT molecular complexity index is 1060. The Morgan fingerprint density at radius 1 is 1.18 bits per heavy atom. The van der Waals surface area contributed by atoms with Crippen molar-refractivity contribution in [2.45, 2.75) is 25.9 Å². The quantitative estimate of drug-likeness (QED) is 0.701. The zero-order chi connectivity index (χ0) is 20.0. The third-order valence-electron chi connectivity index (χ3n) is 5.50. The number of carbonyl (C=O) groups excluding carboxylic acids is 2. The standard InChI is InChI=1S/C21H25N5O2/c1-14-20-22-15(11-19(27)23(2)3)12-25(20)9-10-26(14)21(28)17-13-24(4)18-8-6-5-7-16(17)18/h5-8,12-14H,9-11H2,1-4H3/t14-/m1/s1. The Kier molecular flexibility index (Phi) is 4.45. The van der Waals surface area contributed by atoms with Crippen molar-refractivity contribution in [2.75, 3.05) is 20.6 Å². The number of amides is 2. The lowest BCUT2D eigenvalue weighted by atomic mass is 10.1. The molecule has 0 bridgehead atoms. The molecule has 3 heterocycles. The number of likely N-dealkylation sites (N-methyl/N-ethyl adjacent to an activating group) is 1. The van der Waals surface area contributed by atoms with E-state index in [2.05, 4.69) is 9.55 Å². The van der Waals surface area contributed by atoms with Gasteiger partial charge in [0.1, 0.15) is 5.82 Å². The average molecular weight is 379 g/mol. The number of fused-ring (bicyclic) bond motifs is 2. The minimum absolute atomic E-state index is 0.0180. The number of aromatic nitrogens is 3. The molecule has 28 heavy (non-hydrogen) atoms. The summed E-state index contributed by atoms with van der Waals surface area (Å²) in [5.74, 6) is 0.873. The van der Waals surface area contributed by atoms with Crippen molar-refractivity contribution < 1.29 is 9.59 Å². The molecule has 0 spiro atoms. The van der Waals surface area contributed by atoms with E-state index in [-0.39, 0.29) is 24.3 Å². The van der Waals surface area contributed by atoms with Gasteiger partial charge in [0.25, 0.3) is 5.91 Å². The molecule has 4 rings (SSSR count). The van der Waals surface area contributed by atoms with Gasteiger partial charge in [-0.15, -0.1) is 0 Å². The fourth-order valence-electron chi connectivity index (χ4n) is 3.89. The van der Waals surface area contributed by atoms with E-state index in [4.69, 9.17) is 0 Å². The lowest BCUT2D eigenvalue weighted by molar-refractivity contribution is -0.128. The molecule has 0 fully saturated rings. The summed E-state index contributed by atoms with van der Waals surface area (Å²) in [6.45, 7) is 3.30. The molecule has 0 saturated carbocycles. The SMILES string of the molecule is C[C@@H]1c2nc(CC(=O)N(C)C)cn2CCN1C(=O)c1cn(C)c2ccccc12. The molecule has 7 heteroatoms. The third-order valence-corrected chi connectivity index (χ3v) is 5.50. The second-order valence-electron chi connectivity index (χ2n) is 7.59. The van der Waals surface area contributed by atoms with Crippen molar-refractivity contribution in [3.05, 3.63) is 53.7 Å². The molecule has 0 aliphatic carbocycles. The van der Waals surface area contributed by atoms with Gasteiger partial charge >= 0.3 is 0 Å². The molecule has 3 aromatic rings. The van der Waals surface area contributed by atoms with E-state index in [0.29, 0.717) is 18.7 Å². The Morgan fingerprint density at radius 3 is 2.68 bits per heavy atom. The van der Waals surface area contributed by atoms with E-state index in [9.17, 15) is 9.59 Å². The number of carbonyl (C=O) groups is 2. The molecule has 146 valence electrons. The van der Waals surface area contributed by atoms with Crippen LogP contribution in [0.2, 0.25) is 0 Å². The van der Waals surface area contributed by atoms with Crippen LogP contribution in [0.1, 0.15) is 34.8 Å². The fourth-order valence-corrected chi connectivity index (χ4v) is 3.89. The highest BCUT2D eigenvalue weighted by atomic mass is 16.2. The predicted molar refractivity (Wildman–Crippen MR) is 107 cm³/mol. The zero-order valence-corrected chi connectivity index (χ0v) is 16.7. The van der Waals surface area contributed by atoms with E-state index in [0.717, 1.165) is 22.4 Å². The monoisotopic (exact) mass is 379 g/mol. The highest BCUT2D eigenvalue weighted by Crippen LogP contribution is 2.29. The minimum atomic E-state index is -0.150. The first-order chi connectivity index (χ1) is 13.4. The lowest BCUT2D eigenvalue weighted by Gasteiger charge is -2.33. The second kappa shape index (κ2) is 6.82. The molecular weight excluding hydrogens is 354 g/mol. The Balaban J connectivity index is 1.62. The van der Waals surface area contributed by atoms with Gasteiger partial charge in [-0.25, -0.2) is 4.98 Å². The summed E-state index contributed by atoms with van der Waals surface area (Å²) in [4.78, 5) is 33.4. The van der Waals surface area contributed by atoms with Gasteiger partial charge in [-0.2, -0.15) is 0 Å². The molecule has 1 aliphatic rings. The van der Waals surface area contributed by atoms with E-state index in [1.54, 1.807) is 19.0 Å². The average Bonchev–Trinajstić information content (AvgIpc) is 3.23. The van der Waals surface area contributed by atoms with Gasteiger partial charge in [-0.05, 0) is 13.0 Å². The van der Waals surface area contributed by atoms with Crippen molar-refractivity contribution in [1.82, 2.24) is 23.9 Å². The van der Waals surface area contributed by atoms with Crippen LogP contribution in [0.5, 0.6) is 0 Å². The van der Waals surface area contributed by atoms with Crippen molar-refractivity contribution in [3.8, 4) is 0 Å². The summed E-state index contributed by atoms with van der Waals surface area (Å²) in [5.41, 5.74) is 2.51. The Hall–Kier alpha value is -3.09. The van der Waals surface area contributed by atoms with Crippen molar-refractivity contribution in [3.63, 3.8) is 0 Å². The summed E-state index contributed by atoms with van der Waals surface area (Å²) in [5, 5.41) is 0.966. The first kappa shape index (κ1) is 18.3. The van der Waals surface area contributed by atoms with Gasteiger partial charge in [0.05, 0.1) is 23.7 Å². The van der Waals surface area contributed by atoms with Crippen LogP contribution in [0.15, 0.2) is 36.7 Å². The number of rotatable bonds is 3. The molecule has 1 aliphatic heterocycles. The Labute approximate surface area is 164 Å². The van der Waals surface area contributed by atoms with Crippen molar-refractivity contribution in [2.24, 2.45) is 7.05 Å². The second-order valence-corrected chi connectivity index (χ2v) is 7.59. The number of benzene rings is 1. The third kappa shape index (κ3) is 2.96. The van der Waals surface area contributed by atoms with Crippen LogP contribution in [-0.2, 0) is 24.8 Å². The maximum absolute atomic E-state index is 13.3. The predicted octanol–water partition coefficient (Wildman–Crippen LogP) is 2.22. The fraction of sp³-hybridized carbons (Fsp3) is 0.381. The number of imidazole rings is 1. The van der Waals surface area contributed by atoms with Crippen LogP contribution < -0.4 is 0 Å². The number of hydrogen-bond acceptors (Lipinski definition) is 3. The highest BCUT2D eigenvalue weighted by Gasteiger charge is 2.31. The molecule has 0 N–H and O–H groups in total. The topological polar surface area (TPSA) is 63.4 Å². The normalized spacial score (nSPS) is 16.3. The minimum Gasteiger partial charge on any atom is -0.350 e. The van der Waals surface area contributed by atoms with E-state index < -0.39 is 0 Å². The van der Waals surface area contributed by atoms with E-state index in [1.165, 1.54) is 0 Å². The number of nitrogens with zero attached hydrogens (tertiary/aromatic N) is 5.